The zero-order valence-corrected chi connectivity index (χ0v) is 14.7. The Morgan fingerprint density at radius 1 is 1.44 bits per heavy atom. The molecule has 3 aromatic heterocycles. The highest BCUT2D eigenvalue weighted by Crippen LogP contribution is 2.22. The van der Waals surface area contributed by atoms with Gasteiger partial charge in [-0.3, -0.25) is 9.59 Å². The first-order valence-electron chi connectivity index (χ1n) is 8.82. The van der Waals surface area contributed by atoms with Gasteiger partial charge in [0.15, 0.2) is 17.3 Å². The normalized spacial score (nSPS) is 15.3. The highest BCUT2D eigenvalue weighted by Gasteiger charge is 2.23. The van der Waals surface area contributed by atoms with Crippen molar-refractivity contribution in [3.05, 3.63) is 58.0 Å². The maximum atomic E-state index is 14.4. The summed E-state index contributed by atoms with van der Waals surface area (Å²) in [6.07, 6.45) is 7.10. The summed E-state index contributed by atoms with van der Waals surface area (Å²) in [5.74, 6) is -0.945. The molecule has 0 spiro atoms. The minimum Gasteiger partial charge on any atom is -0.361 e. The second kappa shape index (κ2) is 6.82. The van der Waals surface area contributed by atoms with E-state index in [1.807, 2.05) is 0 Å². The number of nitrogens with zero attached hydrogens (tertiary/aromatic N) is 3. The number of halogens is 1. The average molecular weight is 370 g/mol. The van der Waals surface area contributed by atoms with Crippen LogP contribution in [0.4, 0.5) is 10.2 Å². The molecule has 140 valence electrons. The zero-order valence-electron chi connectivity index (χ0n) is 14.7. The Balaban J connectivity index is 1.63. The van der Waals surface area contributed by atoms with Crippen molar-refractivity contribution in [2.24, 2.45) is 0 Å². The molecule has 0 radical (unpaired) electrons. The molecule has 0 saturated heterocycles. The van der Waals surface area contributed by atoms with Crippen molar-refractivity contribution >= 4 is 17.4 Å². The van der Waals surface area contributed by atoms with Gasteiger partial charge in [-0.1, -0.05) is 6.07 Å². The van der Waals surface area contributed by atoms with E-state index < -0.39 is 11.9 Å². The first kappa shape index (κ1) is 17.2. The maximum Gasteiger partial charge on any atom is 0.256 e. The fraction of sp³-hybridized carbons (Fsp3) is 0.333. The first-order valence-corrected chi connectivity index (χ1v) is 8.82. The molecule has 1 fully saturated rings. The number of fused-ring (bicyclic) bond motifs is 1. The average Bonchev–Trinajstić information content (AvgIpc) is 3.01. The lowest BCUT2D eigenvalue weighted by molar-refractivity contribution is 0.0918. The molecule has 1 saturated carbocycles. The van der Waals surface area contributed by atoms with Crippen LogP contribution in [0.2, 0.25) is 0 Å². The van der Waals surface area contributed by atoms with E-state index in [4.69, 9.17) is 0 Å². The van der Waals surface area contributed by atoms with Crippen LogP contribution < -0.4 is 16.2 Å². The Morgan fingerprint density at radius 2 is 2.26 bits per heavy atom. The second-order valence-corrected chi connectivity index (χ2v) is 6.69. The van der Waals surface area contributed by atoms with Gasteiger partial charge in [-0.25, -0.2) is 13.9 Å². The van der Waals surface area contributed by atoms with Crippen LogP contribution in [-0.4, -0.2) is 31.5 Å². The molecule has 1 amide bonds. The Labute approximate surface area is 153 Å². The van der Waals surface area contributed by atoms with E-state index in [1.54, 1.807) is 19.1 Å². The molecule has 3 N–H and O–H groups in total. The van der Waals surface area contributed by atoms with Crippen molar-refractivity contribution in [3.8, 4) is 0 Å². The number of carbonyl (C=O) groups excluding carboxylic acids is 1. The van der Waals surface area contributed by atoms with Gasteiger partial charge in [-0.2, -0.15) is 5.10 Å². The van der Waals surface area contributed by atoms with E-state index in [-0.39, 0.29) is 34.5 Å². The van der Waals surface area contributed by atoms with Crippen LogP contribution in [0.3, 0.4) is 0 Å². The van der Waals surface area contributed by atoms with Crippen molar-refractivity contribution in [2.75, 3.05) is 5.32 Å². The van der Waals surface area contributed by atoms with Gasteiger partial charge in [-0.15, -0.1) is 0 Å². The molecular weight excluding hydrogens is 351 g/mol. The first-order chi connectivity index (χ1) is 13.0. The number of amides is 1. The summed E-state index contributed by atoms with van der Waals surface area (Å²) in [4.78, 5) is 31.2. The molecule has 4 rings (SSSR count). The highest BCUT2D eigenvalue weighted by atomic mass is 19.1. The summed E-state index contributed by atoms with van der Waals surface area (Å²) < 4.78 is 15.6. The van der Waals surface area contributed by atoms with E-state index in [9.17, 15) is 14.0 Å². The number of aromatic amines is 1. The number of H-pyrrole nitrogens is 1. The number of pyridine rings is 1. The van der Waals surface area contributed by atoms with Crippen LogP contribution in [0.5, 0.6) is 0 Å². The Bertz CT molecular complexity index is 1060. The van der Waals surface area contributed by atoms with Gasteiger partial charge in [0.05, 0.1) is 18.4 Å². The fourth-order valence-electron chi connectivity index (χ4n) is 3.03. The summed E-state index contributed by atoms with van der Waals surface area (Å²) in [5.41, 5.74) is 0.735. The van der Waals surface area contributed by atoms with E-state index in [0.717, 1.165) is 25.5 Å². The van der Waals surface area contributed by atoms with Gasteiger partial charge in [0.1, 0.15) is 5.56 Å². The number of rotatable bonds is 5. The molecule has 0 aliphatic heterocycles. The lowest BCUT2D eigenvalue weighted by Crippen LogP contribution is -2.39. The Kier molecular flexibility index (Phi) is 4.35. The van der Waals surface area contributed by atoms with Crippen LogP contribution in [0.1, 0.15) is 48.1 Å². The van der Waals surface area contributed by atoms with Crippen molar-refractivity contribution in [1.29, 1.82) is 0 Å². The largest absolute Gasteiger partial charge is 0.361 e. The Morgan fingerprint density at radius 3 is 2.96 bits per heavy atom. The fourth-order valence-corrected chi connectivity index (χ4v) is 3.03. The summed E-state index contributed by atoms with van der Waals surface area (Å²) >= 11 is 0. The third-order valence-corrected chi connectivity index (χ3v) is 4.80. The summed E-state index contributed by atoms with van der Waals surface area (Å²) in [5, 5.41) is 9.84. The van der Waals surface area contributed by atoms with Crippen molar-refractivity contribution in [1.82, 2.24) is 24.9 Å². The Hall–Kier alpha value is -3.23. The monoisotopic (exact) mass is 370 g/mol. The lowest BCUT2D eigenvalue weighted by Gasteiger charge is -2.26. The van der Waals surface area contributed by atoms with E-state index in [1.165, 1.54) is 16.9 Å². The molecular formula is C18H19FN6O2. The second-order valence-electron chi connectivity index (χ2n) is 6.69. The van der Waals surface area contributed by atoms with Crippen LogP contribution in [-0.2, 0) is 0 Å². The van der Waals surface area contributed by atoms with Crippen LogP contribution in [0.25, 0.3) is 5.65 Å². The van der Waals surface area contributed by atoms with Crippen molar-refractivity contribution in [3.63, 3.8) is 0 Å². The van der Waals surface area contributed by atoms with Gasteiger partial charge in [0.25, 0.3) is 11.5 Å². The van der Waals surface area contributed by atoms with Gasteiger partial charge in [0, 0.05) is 17.8 Å². The minimum atomic E-state index is -0.629. The predicted octanol–water partition coefficient (Wildman–Crippen LogP) is 2.01. The molecule has 0 unspecified atom stereocenters. The molecule has 1 atom stereocenters. The molecule has 27 heavy (non-hydrogen) atoms. The van der Waals surface area contributed by atoms with E-state index in [0.29, 0.717) is 5.56 Å². The summed E-state index contributed by atoms with van der Waals surface area (Å²) in [6, 6.07) is 3.05. The van der Waals surface area contributed by atoms with Crippen molar-refractivity contribution in [2.45, 2.75) is 38.3 Å². The van der Waals surface area contributed by atoms with E-state index in [2.05, 4.69) is 25.7 Å². The zero-order chi connectivity index (χ0) is 19.0. The van der Waals surface area contributed by atoms with E-state index >= 15 is 0 Å². The van der Waals surface area contributed by atoms with Crippen LogP contribution in [0.15, 0.2) is 35.5 Å². The van der Waals surface area contributed by atoms with Crippen LogP contribution >= 0.6 is 0 Å². The molecule has 8 nitrogen and oxygen atoms in total. The number of nitrogens with one attached hydrogen (secondary N) is 3. The van der Waals surface area contributed by atoms with Crippen LogP contribution in [0, 0.1) is 5.82 Å². The molecule has 3 aromatic rings. The third-order valence-electron chi connectivity index (χ3n) is 4.80. The number of anilines is 1. The predicted molar refractivity (Wildman–Crippen MR) is 97.2 cm³/mol. The molecule has 9 heteroatoms. The molecule has 3 heterocycles. The number of carbonyl (C=O) groups is 1. The molecule has 1 aliphatic carbocycles. The highest BCUT2D eigenvalue weighted by molar-refractivity contribution is 6.00. The van der Waals surface area contributed by atoms with Gasteiger partial charge in [-0.05, 0) is 32.3 Å². The van der Waals surface area contributed by atoms with Gasteiger partial charge >= 0.3 is 0 Å². The topological polar surface area (TPSA) is 104 Å². The third kappa shape index (κ3) is 3.27. The standard InChI is InChI=1S/C18H19FN6O2/c1-10(12-6-3-7-20-17(12)26)22-15-14(19)9-25-16(24-15)13(8-21-25)18(27)23-11-4-2-5-11/h3,6-11H,2,4-5H2,1H3,(H,20,26)(H,22,24)(H,23,27)/t10-/m1/s1. The quantitative estimate of drug-likeness (QED) is 0.637. The van der Waals surface area contributed by atoms with Gasteiger partial charge < -0.3 is 15.6 Å². The summed E-state index contributed by atoms with van der Waals surface area (Å²) in [6.45, 7) is 1.73. The lowest BCUT2D eigenvalue weighted by atomic mass is 9.93. The number of hydrogen-bond acceptors (Lipinski definition) is 5. The summed E-state index contributed by atoms with van der Waals surface area (Å²) in [7, 11) is 0. The SMILES string of the molecule is C[C@@H](Nc1nc2c(C(=O)NC3CCC3)cnn2cc1F)c1ccc[nH]c1=O. The molecule has 0 aromatic carbocycles. The van der Waals surface area contributed by atoms with Gasteiger partial charge in [0.2, 0.25) is 0 Å². The molecule has 0 bridgehead atoms. The minimum absolute atomic E-state index is 0.0450. The molecule has 1 aliphatic rings. The maximum absolute atomic E-state index is 14.4. The number of hydrogen-bond donors (Lipinski definition) is 3. The van der Waals surface area contributed by atoms with Crippen molar-refractivity contribution < 1.29 is 9.18 Å². The number of aromatic nitrogens is 4. The smallest absolute Gasteiger partial charge is 0.256 e.